The van der Waals surface area contributed by atoms with Gasteiger partial charge in [0.2, 0.25) is 0 Å². The molecule has 0 saturated heterocycles. The molecule has 0 bridgehead atoms. The van der Waals surface area contributed by atoms with Crippen LogP contribution >= 0.6 is 0 Å². The van der Waals surface area contributed by atoms with Crippen LogP contribution in [-0.4, -0.2) is 29.0 Å². The molecular weight excluding hydrogens is 195 g/mol. The summed E-state index contributed by atoms with van der Waals surface area (Å²) in [5.74, 6) is 0. The predicted molar refractivity (Wildman–Crippen MR) is 45.8 cm³/mol. The fourth-order valence-electron chi connectivity index (χ4n) is 1.19. The topological polar surface area (TPSA) is 29.9 Å². The minimum absolute atomic E-state index is 0.0894. The molecule has 0 aliphatic rings. The molecule has 1 unspecified atom stereocenters. The van der Waals surface area contributed by atoms with Gasteiger partial charge in [-0.3, -0.25) is 4.68 Å². The normalized spacial score (nSPS) is 14.4. The van der Waals surface area contributed by atoms with Gasteiger partial charge in [-0.25, -0.2) is 0 Å². The molecule has 6 heteroatoms. The molecule has 1 N–H and O–H groups in total. The van der Waals surface area contributed by atoms with E-state index in [1.807, 2.05) is 0 Å². The summed E-state index contributed by atoms with van der Waals surface area (Å²) in [7, 11) is 2.97. The molecule has 0 saturated carbocycles. The van der Waals surface area contributed by atoms with E-state index < -0.39 is 12.2 Å². The van der Waals surface area contributed by atoms with Crippen molar-refractivity contribution < 1.29 is 13.2 Å². The highest BCUT2D eigenvalue weighted by atomic mass is 19.4. The third-order valence-electron chi connectivity index (χ3n) is 1.94. The SMILES string of the molecule is CNC(Cc1cnn(C)c1)C(F)(F)F. The second-order valence-corrected chi connectivity index (χ2v) is 3.11. The molecule has 1 aromatic heterocycles. The first-order chi connectivity index (χ1) is 6.43. The Morgan fingerprint density at radius 1 is 1.57 bits per heavy atom. The van der Waals surface area contributed by atoms with E-state index in [4.69, 9.17) is 0 Å². The Hall–Kier alpha value is -1.04. The van der Waals surface area contributed by atoms with Gasteiger partial charge in [0.25, 0.3) is 0 Å². The van der Waals surface area contributed by atoms with Crippen LogP contribution in [0.5, 0.6) is 0 Å². The summed E-state index contributed by atoms with van der Waals surface area (Å²) < 4.78 is 38.5. The average Bonchev–Trinajstić information content (AvgIpc) is 2.45. The minimum Gasteiger partial charge on any atom is -0.309 e. The quantitative estimate of drug-likeness (QED) is 0.804. The number of aryl methyl sites for hydroxylation is 1. The van der Waals surface area contributed by atoms with Gasteiger partial charge < -0.3 is 5.32 Å². The van der Waals surface area contributed by atoms with Crippen LogP contribution in [0.15, 0.2) is 12.4 Å². The van der Waals surface area contributed by atoms with E-state index in [0.29, 0.717) is 5.56 Å². The Bertz CT molecular complexity index is 292. The maximum absolute atomic E-state index is 12.3. The third-order valence-corrected chi connectivity index (χ3v) is 1.94. The molecule has 0 spiro atoms. The zero-order chi connectivity index (χ0) is 10.8. The molecule has 0 fully saturated rings. The van der Waals surface area contributed by atoms with E-state index in [1.165, 1.54) is 17.9 Å². The first-order valence-corrected chi connectivity index (χ1v) is 4.15. The van der Waals surface area contributed by atoms with Gasteiger partial charge in [0.1, 0.15) is 6.04 Å². The molecule has 1 aromatic rings. The molecule has 80 valence electrons. The molecule has 0 amide bonds. The van der Waals surface area contributed by atoms with Crippen LogP contribution in [0.4, 0.5) is 13.2 Å². The standard InChI is InChI=1S/C8H12F3N3/c1-12-7(8(9,10)11)3-6-4-13-14(2)5-6/h4-5,7,12H,3H2,1-2H3. The predicted octanol–water partition coefficient (Wildman–Crippen LogP) is 1.11. The molecule has 1 rings (SSSR count). The first-order valence-electron chi connectivity index (χ1n) is 4.15. The summed E-state index contributed by atoms with van der Waals surface area (Å²) >= 11 is 0. The molecular formula is C8H12F3N3. The number of hydrogen-bond acceptors (Lipinski definition) is 2. The maximum atomic E-state index is 12.3. The van der Waals surface area contributed by atoms with Crippen LogP contribution in [0.3, 0.4) is 0 Å². The Morgan fingerprint density at radius 3 is 2.57 bits per heavy atom. The van der Waals surface area contributed by atoms with E-state index in [1.54, 1.807) is 13.2 Å². The van der Waals surface area contributed by atoms with E-state index in [9.17, 15) is 13.2 Å². The van der Waals surface area contributed by atoms with Gasteiger partial charge >= 0.3 is 6.18 Å². The van der Waals surface area contributed by atoms with Crippen molar-refractivity contribution in [2.45, 2.75) is 18.6 Å². The lowest BCUT2D eigenvalue weighted by Crippen LogP contribution is -2.41. The molecule has 1 heterocycles. The smallest absolute Gasteiger partial charge is 0.309 e. The highest BCUT2D eigenvalue weighted by Crippen LogP contribution is 2.22. The van der Waals surface area contributed by atoms with E-state index >= 15 is 0 Å². The Kier molecular flexibility index (Phi) is 3.15. The lowest BCUT2D eigenvalue weighted by atomic mass is 10.1. The van der Waals surface area contributed by atoms with Gasteiger partial charge in [0.05, 0.1) is 6.20 Å². The van der Waals surface area contributed by atoms with E-state index in [-0.39, 0.29) is 6.42 Å². The van der Waals surface area contributed by atoms with Crippen LogP contribution < -0.4 is 5.32 Å². The van der Waals surface area contributed by atoms with Crippen molar-refractivity contribution in [2.24, 2.45) is 7.05 Å². The molecule has 0 aromatic carbocycles. The number of hydrogen-bond donors (Lipinski definition) is 1. The second kappa shape index (κ2) is 4.00. The van der Waals surface area contributed by atoms with E-state index in [2.05, 4.69) is 10.4 Å². The van der Waals surface area contributed by atoms with Crippen molar-refractivity contribution in [3.63, 3.8) is 0 Å². The highest BCUT2D eigenvalue weighted by molar-refractivity contribution is 5.06. The average molecular weight is 207 g/mol. The van der Waals surface area contributed by atoms with Crippen LogP contribution in [0.25, 0.3) is 0 Å². The summed E-state index contributed by atoms with van der Waals surface area (Å²) in [6.07, 6.45) is -1.29. The van der Waals surface area contributed by atoms with Crippen molar-refractivity contribution in [3.05, 3.63) is 18.0 Å². The number of nitrogens with one attached hydrogen (secondary N) is 1. The Balaban J connectivity index is 2.66. The first kappa shape index (κ1) is 11.0. The van der Waals surface area contributed by atoms with Gasteiger partial charge in [-0.1, -0.05) is 0 Å². The van der Waals surface area contributed by atoms with Gasteiger partial charge in [-0.2, -0.15) is 18.3 Å². The van der Waals surface area contributed by atoms with Gasteiger partial charge in [-0.15, -0.1) is 0 Å². The fourth-order valence-corrected chi connectivity index (χ4v) is 1.19. The van der Waals surface area contributed by atoms with Crippen LogP contribution in [0.1, 0.15) is 5.56 Å². The summed E-state index contributed by atoms with van der Waals surface area (Å²) in [5, 5.41) is 6.05. The fraction of sp³-hybridized carbons (Fsp3) is 0.625. The van der Waals surface area contributed by atoms with Crippen molar-refractivity contribution >= 4 is 0 Å². The molecule has 1 atom stereocenters. The van der Waals surface area contributed by atoms with Crippen LogP contribution in [0, 0.1) is 0 Å². The molecule has 0 radical (unpaired) electrons. The van der Waals surface area contributed by atoms with Crippen molar-refractivity contribution in [1.82, 2.24) is 15.1 Å². The monoisotopic (exact) mass is 207 g/mol. The molecule has 3 nitrogen and oxygen atoms in total. The van der Waals surface area contributed by atoms with Crippen molar-refractivity contribution in [1.29, 1.82) is 0 Å². The van der Waals surface area contributed by atoms with Crippen LogP contribution in [-0.2, 0) is 13.5 Å². The Labute approximate surface area is 79.9 Å². The van der Waals surface area contributed by atoms with Crippen molar-refractivity contribution in [2.75, 3.05) is 7.05 Å². The second-order valence-electron chi connectivity index (χ2n) is 3.11. The lowest BCUT2D eigenvalue weighted by Gasteiger charge is -2.18. The van der Waals surface area contributed by atoms with Gasteiger partial charge in [0, 0.05) is 13.2 Å². The zero-order valence-corrected chi connectivity index (χ0v) is 7.97. The summed E-state index contributed by atoms with van der Waals surface area (Å²) in [6, 6.07) is -1.51. The lowest BCUT2D eigenvalue weighted by molar-refractivity contribution is -0.154. The molecule has 0 aliphatic carbocycles. The highest BCUT2D eigenvalue weighted by Gasteiger charge is 2.38. The largest absolute Gasteiger partial charge is 0.404 e. The summed E-state index contributed by atoms with van der Waals surface area (Å²) in [4.78, 5) is 0. The zero-order valence-electron chi connectivity index (χ0n) is 7.97. The van der Waals surface area contributed by atoms with Crippen molar-refractivity contribution in [3.8, 4) is 0 Å². The Morgan fingerprint density at radius 2 is 2.21 bits per heavy atom. The number of alkyl halides is 3. The summed E-state index contributed by atoms with van der Waals surface area (Å²) in [5.41, 5.74) is 0.573. The number of aromatic nitrogens is 2. The van der Waals surface area contributed by atoms with Gasteiger partial charge in [0.15, 0.2) is 0 Å². The minimum atomic E-state index is -4.22. The third kappa shape index (κ3) is 2.73. The van der Waals surface area contributed by atoms with E-state index in [0.717, 1.165) is 0 Å². The number of nitrogens with zero attached hydrogens (tertiary/aromatic N) is 2. The number of halogens is 3. The molecule has 14 heavy (non-hydrogen) atoms. The number of likely N-dealkylation sites (N-methyl/N-ethyl adjacent to an activating group) is 1. The van der Waals surface area contributed by atoms with Gasteiger partial charge in [-0.05, 0) is 19.0 Å². The maximum Gasteiger partial charge on any atom is 0.404 e. The molecule has 0 aliphatic heterocycles. The summed E-state index contributed by atoms with van der Waals surface area (Å²) in [6.45, 7) is 0. The van der Waals surface area contributed by atoms with Crippen LogP contribution in [0.2, 0.25) is 0 Å². The number of rotatable bonds is 3.